The second-order valence-electron chi connectivity index (χ2n) is 3.37. The lowest BCUT2D eigenvalue weighted by Crippen LogP contribution is -2.17. The van der Waals surface area contributed by atoms with Crippen molar-refractivity contribution in [1.82, 2.24) is 15.4 Å². The minimum absolute atomic E-state index is 0.000546. The molecule has 2 aromatic heterocycles. The van der Waals surface area contributed by atoms with Crippen molar-refractivity contribution in [3.05, 3.63) is 54.1 Å². The summed E-state index contributed by atoms with van der Waals surface area (Å²) < 4.78 is 0. The average Bonchev–Trinajstić information content (AvgIpc) is 2.42. The van der Waals surface area contributed by atoms with Crippen LogP contribution in [0.1, 0.15) is 15.9 Å². The van der Waals surface area contributed by atoms with Crippen molar-refractivity contribution in [2.75, 3.05) is 0 Å². The largest absolute Gasteiger partial charge is 0.506 e. The van der Waals surface area contributed by atoms with Crippen LogP contribution in [0.5, 0.6) is 5.75 Å². The van der Waals surface area contributed by atoms with Crippen LogP contribution >= 0.6 is 0 Å². The predicted octanol–water partition coefficient (Wildman–Crippen LogP) is 0.946. The Labute approximate surface area is 103 Å². The molecule has 0 aliphatic heterocycles. The van der Waals surface area contributed by atoms with Crippen LogP contribution in [0.3, 0.4) is 0 Å². The Balaban J connectivity index is 2.00. The summed E-state index contributed by atoms with van der Waals surface area (Å²) in [5.41, 5.74) is 3.28. The molecule has 0 atom stereocenters. The highest BCUT2D eigenvalue weighted by Gasteiger charge is 2.02. The number of nitrogens with zero attached hydrogens (tertiary/aromatic N) is 3. The minimum atomic E-state index is -0.345. The van der Waals surface area contributed by atoms with Gasteiger partial charge in [0.2, 0.25) is 0 Å². The highest BCUT2D eigenvalue weighted by molar-refractivity contribution is 5.94. The third kappa shape index (κ3) is 2.88. The molecular formula is C12H10N4O2. The first-order valence-corrected chi connectivity index (χ1v) is 5.14. The second kappa shape index (κ2) is 5.53. The average molecular weight is 242 g/mol. The van der Waals surface area contributed by atoms with Crippen LogP contribution < -0.4 is 5.43 Å². The summed E-state index contributed by atoms with van der Waals surface area (Å²) in [6, 6.07) is 4.74. The van der Waals surface area contributed by atoms with Gasteiger partial charge in [-0.2, -0.15) is 5.10 Å². The van der Waals surface area contributed by atoms with E-state index in [1.807, 2.05) is 0 Å². The van der Waals surface area contributed by atoms with E-state index in [1.54, 1.807) is 18.2 Å². The third-order valence-corrected chi connectivity index (χ3v) is 2.14. The van der Waals surface area contributed by atoms with E-state index >= 15 is 0 Å². The summed E-state index contributed by atoms with van der Waals surface area (Å²) in [4.78, 5) is 19.1. The fourth-order valence-corrected chi connectivity index (χ4v) is 1.23. The van der Waals surface area contributed by atoms with Gasteiger partial charge in [0.25, 0.3) is 5.91 Å². The summed E-state index contributed by atoms with van der Waals surface area (Å²) in [5, 5.41) is 13.2. The Hall–Kier alpha value is -2.76. The van der Waals surface area contributed by atoms with Crippen LogP contribution in [0.25, 0.3) is 0 Å². The molecule has 0 fully saturated rings. The van der Waals surface area contributed by atoms with Crippen LogP contribution in [-0.2, 0) is 0 Å². The summed E-state index contributed by atoms with van der Waals surface area (Å²) in [5.74, 6) is -0.346. The molecule has 6 heteroatoms. The maximum Gasteiger partial charge on any atom is 0.271 e. The molecule has 6 nitrogen and oxygen atoms in total. The van der Waals surface area contributed by atoms with E-state index in [0.717, 1.165) is 0 Å². The van der Waals surface area contributed by atoms with E-state index in [2.05, 4.69) is 20.5 Å². The van der Waals surface area contributed by atoms with Crippen molar-refractivity contribution in [3.8, 4) is 5.75 Å². The lowest BCUT2D eigenvalue weighted by Gasteiger charge is -1.99. The van der Waals surface area contributed by atoms with Gasteiger partial charge in [0.15, 0.2) is 0 Å². The number of nitrogens with one attached hydrogen (secondary N) is 1. The summed E-state index contributed by atoms with van der Waals surface area (Å²) >= 11 is 0. The Kier molecular flexibility index (Phi) is 3.60. The van der Waals surface area contributed by atoms with Gasteiger partial charge in [-0.1, -0.05) is 0 Å². The van der Waals surface area contributed by atoms with Gasteiger partial charge in [-0.3, -0.25) is 14.8 Å². The van der Waals surface area contributed by atoms with Crippen molar-refractivity contribution >= 4 is 12.1 Å². The number of carbonyl (C=O) groups excluding carboxylic acids is 1. The van der Waals surface area contributed by atoms with Crippen molar-refractivity contribution in [3.63, 3.8) is 0 Å². The molecule has 0 aliphatic rings. The third-order valence-electron chi connectivity index (χ3n) is 2.14. The Morgan fingerprint density at radius 3 is 2.67 bits per heavy atom. The molecule has 0 saturated heterocycles. The fourth-order valence-electron chi connectivity index (χ4n) is 1.23. The molecule has 2 N–H and O–H groups in total. The number of carbonyl (C=O) groups is 1. The highest BCUT2D eigenvalue weighted by Crippen LogP contribution is 2.10. The zero-order valence-electron chi connectivity index (χ0n) is 9.32. The van der Waals surface area contributed by atoms with Gasteiger partial charge in [0.05, 0.1) is 12.4 Å². The van der Waals surface area contributed by atoms with Crippen molar-refractivity contribution < 1.29 is 9.90 Å². The molecule has 2 aromatic rings. The zero-order valence-corrected chi connectivity index (χ0v) is 9.32. The van der Waals surface area contributed by atoms with Crippen LogP contribution in [0, 0.1) is 0 Å². The van der Waals surface area contributed by atoms with E-state index < -0.39 is 0 Å². The maximum absolute atomic E-state index is 11.6. The van der Waals surface area contributed by atoms with Gasteiger partial charge >= 0.3 is 0 Å². The first-order valence-electron chi connectivity index (χ1n) is 5.14. The Bertz CT molecular complexity index is 569. The molecule has 2 rings (SSSR count). The van der Waals surface area contributed by atoms with E-state index in [4.69, 9.17) is 0 Å². The molecule has 0 unspecified atom stereocenters. The van der Waals surface area contributed by atoms with Gasteiger partial charge in [0.1, 0.15) is 5.75 Å². The van der Waals surface area contributed by atoms with Gasteiger partial charge in [-0.15, -0.1) is 0 Å². The number of rotatable bonds is 3. The smallest absolute Gasteiger partial charge is 0.271 e. The number of hydrazone groups is 1. The van der Waals surface area contributed by atoms with Crippen LogP contribution in [0.15, 0.2) is 48.1 Å². The normalized spacial score (nSPS) is 10.4. The van der Waals surface area contributed by atoms with Gasteiger partial charge < -0.3 is 5.11 Å². The molecule has 0 spiro atoms. The topological polar surface area (TPSA) is 87.5 Å². The molecule has 2 heterocycles. The molecule has 18 heavy (non-hydrogen) atoms. The van der Waals surface area contributed by atoms with E-state index in [1.165, 1.54) is 31.0 Å². The molecule has 0 aliphatic carbocycles. The van der Waals surface area contributed by atoms with Gasteiger partial charge in [-0.25, -0.2) is 5.43 Å². The molecule has 90 valence electrons. The van der Waals surface area contributed by atoms with Crippen LogP contribution in [0.2, 0.25) is 0 Å². The summed E-state index contributed by atoms with van der Waals surface area (Å²) in [6.07, 6.45) is 7.20. The molecule has 0 aromatic carbocycles. The fraction of sp³-hybridized carbons (Fsp3) is 0. The molecular weight excluding hydrogens is 232 g/mol. The molecule has 0 bridgehead atoms. The van der Waals surface area contributed by atoms with Crippen molar-refractivity contribution in [1.29, 1.82) is 0 Å². The lowest BCUT2D eigenvalue weighted by atomic mass is 10.2. The van der Waals surface area contributed by atoms with E-state index in [0.29, 0.717) is 11.1 Å². The number of hydrogen-bond acceptors (Lipinski definition) is 5. The first kappa shape index (κ1) is 11.7. The monoisotopic (exact) mass is 242 g/mol. The first-order chi connectivity index (χ1) is 8.77. The molecule has 0 saturated carbocycles. The number of aromatic nitrogens is 2. The quantitative estimate of drug-likeness (QED) is 0.619. The standard InChI is InChI=1S/C12H10N4O2/c17-11-8-14-6-3-10(11)7-15-16-12(18)9-1-4-13-5-2-9/h1-8,17H,(H,16,18)/b15-7+. The number of pyridine rings is 2. The van der Waals surface area contributed by atoms with Gasteiger partial charge in [-0.05, 0) is 18.2 Å². The Morgan fingerprint density at radius 1 is 1.22 bits per heavy atom. The predicted molar refractivity (Wildman–Crippen MR) is 65.2 cm³/mol. The maximum atomic E-state index is 11.6. The van der Waals surface area contributed by atoms with Gasteiger partial charge in [0, 0.05) is 29.7 Å². The van der Waals surface area contributed by atoms with E-state index in [-0.39, 0.29) is 11.7 Å². The Morgan fingerprint density at radius 2 is 1.94 bits per heavy atom. The van der Waals surface area contributed by atoms with Crippen LogP contribution in [-0.4, -0.2) is 27.2 Å². The second-order valence-corrected chi connectivity index (χ2v) is 3.37. The SMILES string of the molecule is O=C(N/N=C/c1ccncc1O)c1ccncc1. The highest BCUT2D eigenvalue weighted by atomic mass is 16.3. The van der Waals surface area contributed by atoms with E-state index in [9.17, 15) is 9.90 Å². The van der Waals surface area contributed by atoms with Crippen molar-refractivity contribution in [2.24, 2.45) is 5.10 Å². The minimum Gasteiger partial charge on any atom is -0.506 e. The lowest BCUT2D eigenvalue weighted by molar-refractivity contribution is 0.0955. The number of aromatic hydroxyl groups is 1. The number of amides is 1. The van der Waals surface area contributed by atoms with Crippen molar-refractivity contribution in [2.45, 2.75) is 0 Å². The van der Waals surface area contributed by atoms with Crippen LogP contribution in [0.4, 0.5) is 0 Å². The molecule has 1 amide bonds. The summed E-state index contributed by atoms with van der Waals surface area (Å²) in [7, 11) is 0. The summed E-state index contributed by atoms with van der Waals surface area (Å²) in [6.45, 7) is 0. The zero-order chi connectivity index (χ0) is 12.8. The number of hydrogen-bond donors (Lipinski definition) is 2. The molecule has 0 radical (unpaired) electrons.